The third-order valence-corrected chi connectivity index (χ3v) is 9.08. The molecule has 1 amide bonds. The van der Waals surface area contributed by atoms with Gasteiger partial charge in [-0.1, -0.05) is 61.7 Å². The maximum absolute atomic E-state index is 13.5. The molecular weight excluding hydrogens is 508 g/mol. The summed E-state index contributed by atoms with van der Waals surface area (Å²) in [6.45, 7) is 11.9. The van der Waals surface area contributed by atoms with Gasteiger partial charge in [0.1, 0.15) is 5.75 Å². The summed E-state index contributed by atoms with van der Waals surface area (Å²) in [6, 6.07) is 18.7. The van der Waals surface area contributed by atoms with Gasteiger partial charge < -0.3 is 15.4 Å². The quantitative estimate of drug-likeness (QED) is 0.312. The molecule has 6 nitrogen and oxygen atoms in total. The second-order valence-corrected chi connectivity index (χ2v) is 13.7. The van der Waals surface area contributed by atoms with Crippen LogP contribution in [0.2, 0.25) is 0 Å². The number of ether oxygens (including phenoxy) is 1. The summed E-state index contributed by atoms with van der Waals surface area (Å²) >= 11 is 0. The molecule has 0 unspecified atom stereocenters. The van der Waals surface area contributed by atoms with Crippen LogP contribution in [0.5, 0.6) is 5.75 Å². The minimum absolute atomic E-state index is 0.0268. The molecule has 1 aliphatic carbocycles. The summed E-state index contributed by atoms with van der Waals surface area (Å²) in [5.41, 5.74) is 3.72. The lowest BCUT2D eigenvalue weighted by atomic mass is 9.79. The van der Waals surface area contributed by atoms with E-state index in [1.165, 1.54) is 19.3 Å². The van der Waals surface area contributed by atoms with Gasteiger partial charge in [-0.25, -0.2) is 9.78 Å². The predicted molar refractivity (Wildman–Crippen MR) is 168 cm³/mol. The van der Waals surface area contributed by atoms with E-state index in [0.717, 1.165) is 53.4 Å². The largest absolute Gasteiger partial charge is 0.412 e. The fourth-order valence-corrected chi connectivity index (χ4v) is 7.34. The fourth-order valence-electron chi connectivity index (χ4n) is 7.34. The topological polar surface area (TPSA) is 66.5 Å². The number of piperidine rings is 1. The minimum atomic E-state index is -0.383. The van der Waals surface area contributed by atoms with Crippen molar-refractivity contribution in [2.75, 3.05) is 7.05 Å². The Bertz CT molecular complexity index is 1330. The monoisotopic (exact) mass is 556 g/mol. The molecule has 1 saturated heterocycles. The number of amides is 1. The molecule has 0 bridgehead atoms. The molecule has 1 aromatic heterocycles. The number of pyridine rings is 1. The molecule has 2 aromatic carbocycles. The first kappa shape index (κ1) is 29.5. The third-order valence-electron chi connectivity index (χ3n) is 9.08. The number of carbonyl (C=O) groups is 1. The zero-order valence-electron chi connectivity index (χ0n) is 25.8. The van der Waals surface area contributed by atoms with Gasteiger partial charge in [-0.05, 0) is 85.4 Å². The molecule has 41 heavy (non-hydrogen) atoms. The van der Waals surface area contributed by atoms with E-state index in [1.807, 2.05) is 42.5 Å². The first-order chi connectivity index (χ1) is 19.5. The molecule has 0 radical (unpaired) electrons. The molecule has 220 valence electrons. The average Bonchev–Trinajstić information content (AvgIpc) is 2.93. The van der Waals surface area contributed by atoms with E-state index in [9.17, 15) is 4.79 Å². The van der Waals surface area contributed by atoms with Crippen molar-refractivity contribution < 1.29 is 9.53 Å². The van der Waals surface area contributed by atoms with Crippen molar-refractivity contribution in [2.45, 2.75) is 109 Å². The maximum atomic E-state index is 13.5. The second-order valence-electron chi connectivity index (χ2n) is 13.7. The summed E-state index contributed by atoms with van der Waals surface area (Å²) in [6.07, 6.45) is 7.78. The summed E-state index contributed by atoms with van der Waals surface area (Å²) in [7, 11) is 2.20. The molecule has 5 rings (SSSR count). The molecule has 6 heteroatoms. The number of rotatable bonds is 7. The Labute approximate surface area is 246 Å². The van der Waals surface area contributed by atoms with Crippen molar-refractivity contribution in [2.24, 2.45) is 5.92 Å². The van der Waals surface area contributed by atoms with E-state index in [4.69, 9.17) is 9.72 Å². The van der Waals surface area contributed by atoms with Crippen LogP contribution in [0.3, 0.4) is 0 Å². The van der Waals surface area contributed by atoms with Crippen molar-refractivity contribution in [1.29, 1.82) is 0 Å². The number of fused-ring (bicyclic) bond motifs is 1. The van der Waals surface area contributed by atoms with E-state index in [0.29, 0.717) is 24.3 Å². The van der Waals surface area contributed by atoms with Gasteiger partial charge in [0.2, 0.25) is 0 Å². The Morgan fingerprint density at radius 1 is 1.00 bits per heavy atom. The summed E-state index contributed by atoms with van der Waals surface area (Å²) in [5.74, 6) is 1.12. The number of hydrogen-bond acceptors (Lipinski definition) is 5. The highest BCUT2D eigenvalue weighted by Gasteiger charge is 2.39. The first-order valence-corrected chi connectivity index (χ1v) is 15.5. The molecule has 1 atom stereocenters. The number of nitrogens with one attached hydrogen (secondary N) is 2. The normalized spacial score (nSPS) is 20.2. The van der Waals surface area contributed by atoms with E-state index < -0.39 is 0 Å². The summed E-state index contributed by atoms with van der Waals surface area (Å²) < 4.78 is 6.32. The van der Waals surface area contributed by atoms with Crippen molar-refractivity contribution in [3.8, 4) is 17.0 Å². The molecule has 2 heterocycles. The van der Waals surface area contributed by atoms with Gasteiger partial charge in [0.05, 0.1) is 11.2 Å². The Morgan fingerprint density at radius 3 is 2.32 bits per heavy atom. The SMILES string of the molecule is C[C@H](NC(=O)Oc1c(CN(C)C2CC(C)(C)NC(C)(C)C2)c(-c2ccccc2)nc2ccccc12)C1CCCCC1. The van der Waals surface area contributed by atoms with Crippen molar-refractivity contribution >= 4 is 17.0 Å². The van der Waals surface area contributed by atoms with Gasteiger partial charge in [-0.15, -0.1) is 0 Å². The number of carbonyl (C=O) groups excluding carboxylic acids is 1. The van der Waals surface area contributed by atoms with Crippen LogP contribution in [0.15, 0.2) is 54.6 Å². The van der Waals surface area contributed by atoms with Gasteiger partial charge in [0.25, 0.3) is 0 Å². The van der Waals surface area contributed by atoms with Crippen LogP contribution in [0.4, 0.5) is 4.79 Å². The lowest BCUT2D eigenvalue weighted by Gasteiger charge is -2.49. The highest BCUT2D eigenvalue weighted by Crippen LogP contribution is 2.39. The highest BCUT2D eigenvalue weighted by atomic mass is 16.6. The van der Waals surface area contributed by atoms with E-state index in [2.05, 4.69) is 69.3 Å². The van der Waals surface area contributed by atoms with Crippen molar-refractivity contribution in [1.82, 2.24) is 20.5 Å². The molecule has 1 saturated carbocycles. The van der Waals surface area contributed by atoms with Crippen molar-refractivity contribution in [3.63, 3.8) is 0 Å². The number of para-hydroxylation sites is 1. The fraction of sp³-hybridized carbons (Fsp3) is 0.543. The van der Waals surface area contributed by atoms with Crippen LogP contribution >= 0.6 is 0 Å². The average molecular weight is 557 g/mol. The summed E-state index contributed by atoms with van der Waals surface area (Å²) in [4.78, 5) is 21.1. The third kappa shape index (κ3) is 7.10. The maximum Gasteiger partial charge on any atom is 0.412 e. The van der Waals surface area contributed by atoms with E-state index >= 15 is 0 Å². The minimum Gasteiger partial charge on any atom is -0.409 e. The van der Waals surface area contributed by atoms with Crippen LogP contribution in [-0.4, -0.2) is 46.2 Å². The highest BCUT2D eigenvalue weighted by molar-refractivity contribution is 5.92. The van der Waals surface area contributed by atoms with E-state index in [1.54, 1.807) is 0 Å². The molecule has 1 aliphatic heterocycles. The standard InChI is InChI=1S/C35H48N4O2/c1-24(25-15-9-7-10-16-25)36-33(40)41-32-28-19-13-14-20-30(28)37-31(26-17-11-8-12-18-26)29(32)23-39(6)27-21-34(2,3)38-35(4,5)22-27/h8,11-14,17-20,24-25,27,38H,7,9-10,15-16,21-23H2,1-6H3,(H,36,40)/t24-/m0/s1. The van der Waals surface area contributed by atoms with Crippen LogP contribution in [0.25, 0.3) is 22.2 Å². The number of hydrogen-bond donors (Lipinski definition) is 2. The van der Waals surface area contributed by atoms with Gasteiger partial charge in [-0.2, -0.15) is 0 Å². The molecular formula is C35H48N4O2. The zero-order valence-corrected chi connectivity index (χ0v) is 25.8. The lowest BCUT2D eigenvalue weighted by molar-refractivity contribution is 0.0773. The van der Waals surface area contributed by atoms with Gasteiger partial charge >= 0.3 is 6.09 Å². The Hall–Kier alpha value is -2.96. The van der Waals surface area contributed by atoms with Gasteiger partial charge in [0, 0.05) is 46.2 Å². The number of nitrogens with zero attached hydrogens (tertiary/aromatic N) is 2. The Morgan fingerprint density at radius 2 is 1.63 bits per heavy atom. The molecule has 2 fully saturated rings. The van der Waals surface area contributed by atoms with Crippen LogP contribution in [0.1, 0.15) is 85.1 Å². The number of benzene rings is 2. The van der Waals surface area contributed by atoms with Gasteiger partial charge in [-0.3, -0.25) is 4.90 Å². The van der Waals surface area contributed by atoms with Crippen molar-refractivity contribution in [3.05, 3.63) is 60.2 Å². The molecule has 2 N–H and O–H groups in total. The van der Waals surface area contributed by atoms with E-state index in [-0.39, 0.29) is 23.2 Å². The van der Waals surface area contributed by atoms with Crippen LogP contribution in [0, 0.1) is 5.92 Å². The summed E-state index contributed by atoms with van der Waals surface area (Å²) in [5, 5.41) is 7.86. The van der Waals surface area contributed by atoms with Crippen LogP contribution < -0.4 is 15.4 Å². The number of aromatic nitrogens is 1. The Balaban J connectivity index is 1.53. The zero-order chi connectivity index (χ0) is 29.2. The van der Waals surface area contributed by atoms with Crippen LogP contribution in [-0.2, 0) is 6.54 Å². The second kappa shape index (κ2) is 12.1. The Kier molecular flexibility index (Phi) is 8.72. The van der Waals surface area contributed by atoms with Gasteiger partial charge in [0.15, 0.2) is 0 Å². The smallest absolute Gasteiger partial charge is 0.409 e. The molecule has 0 spiro atoms. The first-order valence-electron chi connectivity index (χ1n) is 15.5. The lowest BCUT2D eigenvalue weighted by Crippen LogP contribution is -2.61. The molecule has 2 aliphatic rings. The molecule has 3 aromatic rings. The predicted octanol–water partition coefficient (Wildman–Crippen LogP) is 7.70.